The summed E-state index contributed by atoms with van der Waals surface area (Å²) in [5.74, 6) is 0. The van der Waals surface area contributed by atoms with Crippen molar-refractivity contribution < 1.29 is 4.74 Å². The summed E-state index contributed by atoms with van der Waals surface area (Å²) in [4.78, 5) is 0. The third-order valence-corrected chi connectivity index (χ3v) is 2.35. The van der Waals surface area contributed by atoms with Gasteiger partial charge in [0.2, 0.25) is 0 Å². The van der Waals surface area contributed by atoms with Crippen LogP contribution in [0.3, 0.4) is 0 Å². The Morgan fingerprint density at radius 3 is 2.85 bits per heavy atom. The predicted molar refractivity (Wildman–Crippen MR) is 52.6 cm³/mol. The lowest BCUT2D eigenvalue weighted by molar-refractivity contribution is 0.0644. The highest BCUT2D eigenvalue weighted by Gasteiger charge is 2.13. The van der Waals surface area contributed by atoms with Gasteiger partial charge in [-0.15, -0.1) is 0 Å². The van der Waals surface area contributed by atoms with Crippen LogP contribution < -0.4 is 5.32 Å². The zero-order chi connectivity index (χ0) is 8.93. The number of hydrogen-bond acceptors (Lipinski definition) is 2. The van der Waals surface area contributed by atoms with Crippen LogP contribution in [0, 0.1) is 0 Å². The molecule has 1 unspecified atom stereocenters. The minimum Gasteiger partial charge on any atom is -0.372 e. The molecule has 1 atom stereocenters. The van der Waals surface area contributed by atoms with Crippen LogP contribution in [-0.4, -0.2) is 19.7 Å². The predicted octanol–water partition coefficient (Wildman–Crippen LogP) is 1.74. The van der Waals surface area contributed by atoms with Crippen LogP contribution in [-0.2, 0) is 4.74 Å². The van der Waals surface area contributed by atoms with Crippen molar-refractivity contribution >= 4 is 0 Å². The Labute approximate surface area is 78.9 Å². The lowest BCUT2D eigenvalue weighted by Gasteiger charge is -2.14. The zero-order valence-corrected chi connectivity index (χ0v) is 7.70. The maximum absolute atomic E-state index is 5.73. The van der Waals surface area contributed by atoms with Gasteiger partial charge in [0, 0.05) is 6.54 Å². The minimum absolute atomic E-state index is 0.288. The van der Waals surface area contributed by atoms with Gasteiger partial charge in [0.05, 0.1) is 12.7 Å². The Morgan fingerprint density at radius 2 is 2.00 bits per heavy atom. The summed E-state index contributed by atoms with van der Waals surface area (Å²) in [6.45, 7) is 2.85. The van der Waals surface area contributed by atoms with E-state index in [1.807, 2.05) is 6.07 Å². The van der Waals surface area contributed by atoms with Gasteiger partial charge in [-0.2, -0.15) is 0 Å². The normalized spacial score (nSPS) is 23.8. The van der Waals surface area contributed by atoms with E-state index in [0.29, 0.717) is 0 Å². The first-order chi connectivity index (χ1) is 6.47. The van der Waals surface area contributed by atoms with E-state index in [9.17, 15) is 0 Å². The Balaban J connectivity index is 2.06. The highest BCUT2D eigenvalue weighted by atomic mass is 16.5. The largest absolute Gasteiger partial charge is 0.372 e. The van der Waals surface area contributed by atoms with Crippen molar-refractivity contribution in [1.82, 2.24) is 5.32 Å². The first-order valence-electron chi connectivity index (χ1n) is 4.84. The summed E-state index contributed by atoms with van der Waals surface area (Å²) in [6.07, 6.45) is 1.36. The van der Waals surface area contributed by atoms with Crippen LogP contribution in [0.15, 0.2) is 30.3 Å². The molecule has 1 heterocycles. The maximum Gasteiger partial charge on any atom is 0.0837 e. The van der Waals surface area contributed by atoms with Crippen molar-refractivity contribution in [2.45, 2.75) is 12.5 Å². The standard InChI is InChI=1S/C11H15NO/c1-2-4-10(5-3-1)11-6-7-12-8-9-13-11/h1-5,11-12H,6-9H2. The van der Waals surface area contributed by atoms with Crippen LogP contribution in [0.4, 0.5) is 0 Å². The quantitative estimate of drug-likeness (QED) is 0.705. The number of nitrogens with one attached hydrogen (secondary N) is 1. The van der Waals surface area contributed by atoms with Crippen molar-refractivity contribution in [3.8, 4) is 0 Å². The molecule has 2 heteroatoms. The molecule has 2 nitrogen and oxygen atoms in total. The second-order valence-corrected chi connectivity index (χ2v) is 3.31. The average molecular weight is 177 g/mol. The van der Waals surface area contributed by atoms with E-state index < -0.39 is 0 Å². The van der Waals surface area contributed by atoms with E-state index in [1.54, 1.807) is 0 Å². The first-order valence-corrected chi connectivity index (χ1v) is 4.84. The fourth-order valence-corrected chi connectivity index (χ4v) is 1.65. The molecular formula is C11H15NO. The second-order valence-electron chi connectivity index (χ2n) is 3.31. The molecule has 0 aromatic heterocycles. The highest BCUT2D eigenvalue weighted by molar-refractivity contribution is 5.17. The fraction of sp³-hybridized carbons (Fsp3) is 0.455. The lowest BCUT2D eigenvalue weighted by Crippen LogP contribution is -2.16. The number of rotatable bonds is 1. The van der Waals surface area contributed by atoms with Gasteiger partial charge in [-0.3, -0.25) is 0 Å². The summed E-state index contributed by atoms with van der Waals surface area (Å²) in [5.41, 5.74) is 1.30. The SMILES string of the molecule is c1ccc(C2CCNCCO2)cc1. The second kappa shape index (κ2) is 4.40. The van der Waals surface area contributed by atoms with Gasteiger partial charge < -0.3 is 10.1 Å². The maximum atomic E-state index is 5.73. The molecule has 0 bridgehead atoms. The van der Waals surface area contributed by atoms with E-state index in [1.165, 1.54) is 5.56 Å². The smallest absolute Gasteiger partial charge is 0.0837 e. The average Bonchev–Trinajstić information content (AvgIpc) is 2.47. The Bertz CT molecular complexity index is 240. The van der Waals surface area contributed by atoms with E-state index in [2.05, 4.69) is 29.6 Å². The van der Waals surface area contributed by atoms with Gasteiger partial charge >= 0.3 is 0 Å². The molecule has 1 aliphatic heterocycles. The van der Waals surface area contributed by atoms with Gasteiger partial charge in [0.25, 0.3) is 0 Å². The summed E-state index contributed by atoms with van der Waals surface area (Å²) in [6, 6.07) is 10.4. The van der Waals surface area contributed by atoms with Crippen molar-refractivity contribution in [1.29, 1.82) is 0 Å². The Kier molecular flexibility index (Phi) is 2.95. The highest BCUT2D eigenvalue weighted by Crippen LogP contribution is 2.21. The molecule has 1 aromatic rings. The summed E-state index contributed by atoms with van der Waals surface area (Å²) in [7, 11) is 0. The van der Waals surface area contributed by atoms with Crippen LogP contribution in [0.2, 0.25) is 0 Å². The molecule has 0 spiro atoms. The van der Waals surface area contributed by atoms with E-state index in [0.717, 1.165) is 26.1 Å². The Hall–Kier alpha value is -0.860. The first kappa shape index (κ1) is 8.73. The van der Waals surface area contributed by atoms with Crippen LogP contribution >= 0.6 is 0 Å². The molecule has 1 saturated heterocycles. The monoisotopic (exact) mass is 177 g/mol. The number of benzene rings is 1. The van der Waals surface area contributed by atoms with E-state index in [4.69, 9.17) is 4.74 Å². The van der Waals surface area contributed by atoms with Crippen molar-refractivity contribution in [3.05, 3.63) is 35.9 Å². The van der Waals surface area contributed by atoms with E-state index >= 15 is 0 Å². The van der Waals surface area contributed by atoms with Gasteiger partial charge in [0.1, 0.15) is 0 Å². The van der Waals surface area contributed by atoms with Crippen LogP contribution in [0.25, 0.3) is 0 Å². The lowest BCUT2D eigenvalue weighted by atomic mass is 10.1. The third-order valence-electron chi connectivity index (χ3n) is 2.35. The van der Waals surface area contributed by atoms with Crippen molar-refractivity contribution in [2.75, 3.05) is 19.7 Å². The Morgan fingerprint density at radius 1 is 1.15 bits per heavy atom. The molecule has 1 N–H and O–H groups in total. The van der Waals surface area contributed by atoms with Crippen LogP contribution in [0.5, 0.6) is 0 Å². The van der Waals surface area contributed by atoms with Gasteiger partial charge in [-0.25, -0.2) is 0 Å². The van der Waals surface area contributed by atoms with Crippen LogP contribution in [0.1, 0.15) is 18.1 Å². The molecule has 1 aromatic carbocycles. The van der Waals surface area contributed by atoms with E-state index in [-0.39, 0.29) is 6.10 Å². The topological polar surface area (TPSA) is 21.3 Å². The van der Waals surface area contributed by atoms with Crippen molar-refractivity contribution in [2.24, 2.45) is 0 Å². The number of hydrogen-bond donors (Lipinski definition) is 1. The molecule has 1 fully saturated rings. The molecule has 0 amide bonds. The minimum atomic E-state index is 0.288. The van der Waals surface area contributed by atoms with Gasteiger partial charge in [-0.1, -0.05) is 30.3 Å². The molecule has 1 aliphatic rings. The molecular weight excluding hydrogens is 162 g/mol. The third kappa shape index (κ3) is 2.29. The van der Waals surface area contributed by atoms with Gasteiger partial charge in [-0.05, 0) is 18.5 Å². The summed E-state index contributed by atoms with van der Waals surface area (Å²) >= 11 is 0. The number of ether oxygens (including phenoxy) is 1. The molecule has 70 valence electrons. The van der Waals surface area contributed by atoms with Crippen molar-refractivity contribution in [3.63, 3.8) is 0 Å². The van der Waals surface area contributed by atoms with Gasteiger partial charge in [0.15, 0.2) is 0 Å². The molecule has 0 aliphatic carbocycles. The molecule has 2 rings (SSSR count). The molecule has 0 saturated carbocycles. The zero-order valence-electron chi connectivity index (χ0n) is 7.70. The summed E-state index contributed by atoms with van der Waals surface area (Å²) in [5, 5.41) is 3.32. The fourth-order valence-electron chi connectivity index (χ4n) is 1.65. The molecule has 13 heavy (non-hydrogen) atoms. The molecule has 0 radical (unpaired) electrons. The summed E-state index contributed by atoms with van der Waals surface area (Å²) < 4.78 is 5.73.